The molecule has 0 rings (SSSR count). The Morgan fingerprint density at radius 2 is 2.22 bits per heavy atom. The minimum Gasteiger partial charge on any atom is -0.262 e. The van der Waals surface area contributed by atoms with Crippen molar-refractivity contribution in [2.45, 2.75) is 20.3 Å². The van der Waals surface area contributed by atoms with Gasteiger partial charge >= 0.3 is 0 Å². The van der Waals surface area contributed by atoms with Gasteiger partial charge in [0.2, 0.25) is 0 Å². The van der Waals surface area contributed by atoms with Crippen LogP contribution < -0.4 is 0 Å². The van der Waals surface area contributed by atoms with Crippen LogP contribution in [0.5, 0.6) is 0 Å². The van der Waals surface area contributed by atoms with Crippen LogP contribution in [0, 0.1) is 0 Å². The Morgan fingerprint density at radius 3 is 2.33 bits per heavy atom. The molecule has 0 spiro atoms. The number of hydrogen-bond acceptors (Lipinski definition) is 1. The van der Waals surface area contributed by atoms with Crippen molar-refractivity contribution in [3.8, 4) is 0 Å². The fraction of sp³-hybridized carbons (Fsp3) is 0.375. The summed E-state index contributed by atoms with van der Waals surface area (Å²) in [5, 5.41) is 0. The Morgan fingerprint density at radius 1 is 1.67 bits per heavy atom. The Labute approximate surface area is 56.8 Å². The van der Waals surface area contributed by atoms with Gasteiger partial charge < -0.3 is 0 Å². The molecule has 0 unspecified atom stereocenters. The van der Waals surface area contributed by atoms with E-state index in [4.69, 9.17) is 0 Å². The van der Waals surface area contributed by atoms with Crippen molar-refractivity contribution < 1.29 is 0 Å². The van der Waals surface area contributed by atoms with Gasteiger partial charge in [-0.2, -0.15) is 0 Å². The zero-order chi connectivity index (χ0) is 7.28. The molecule has 0 aliphatic rings. The molecule has 0 heterocycles. The third-order valence-electron chi connectivity index (χ3n) is 1.07. The van der Waals surface area contributed by atoms with E-state index >= 15 is 0 Å². The highest BCUT2D eigenvalue weighted by atomic mass is 14.7. The van der Waals surface area contributed by atoms with Crippen LogP contribution >= 0.6 is 0 Å². The van der Waals surface area contributed by atoms with E-state index in [0.717, 1.165) is 17.7 Å². The second-order valence-electron chi connectivity index (χ2n) is 1.89. The average Bonchev–Trinajstić information content (AvgIpc) is 1.82. The predicted octanol–water partition coefficient (Wildman–Crippen LogP) is 2.56. The molecule has 0 atom stereocenters. The van der Waals surface area contributed by atoms with E-state index in [1.807, 2.05) is 6.92 Å². The van der Waals surface area contributed by atoms with E-state index in [9.17, 15) is 0 Å². The maximum Gasteiger partial charge on any atom is 0.0423 e. The first-order valence-corrected chi connectivity index (χ1v) is 3.05. The van der Waals surface area contributed by atoms with Gasteiger partial charge in [0, 0.05) is 11.9 Å². The smallest absolute Gasteiger partial charge is 0.0423 e. The van der Waals surface area contributed by atoms with E-state index in [-0.39, 0.29) is 0 Å². The maximum atomic E-state index is 4.02. The third-order valence-corrected chi connectivity index (χ3v) is 1.07. The van der Waals surface area contributed by atoms with Crippen LogP contribution in [0.1, 0.15) is 20.3 Å². The Bertz CT molecular complexity index is 143. The summed E-state index contributed by atoms with van der Waals surface area (Å²) in [7, 11) is 0. The summed E-state index contributed by atoms with van der Waals surface area (Å²) in [5.74, 6) is 0. The molecule has 0 fully saturated rings. The third kappa shape index (κ3) is 2.85. The van der Waals surface area contributed by atoms with Gasteiger partial charge in [0.05, 0.1) is 0 Å². The second-order valence-corrected chi connectivity index (χ2v) is 1.89. The standard InChI is InChI=1S/C8H13N/c1-5-8(7(3)4)9-6-2/h6H,2-3,5H2,1,4H3. The van der Waals surface area contributed by atoms with E-state index in [2.05, 4.69) is 25.1 Å². The quantitative estimate of drug-likeness (QED) is 0.511. The number of aliphatic imine (C=N–C) groups is 1. The molecule has 9 heavy (non-hydrogen) atoms. The average molecular weight is 123 g/mol. The van der Waals surface area contributed by atoms with Crippen molar-refractivity contribution in [3.05, 3.63) is 24.9 Å². The van der Waals surface area contributed by atoms with Crippen LogP contribution in [0.25, 0.3) is 0 Å². The fourth-order valence-electron chi connectivity index (χ4n) is 0.613. The molecule has 1 heteroatoms. The van der Waals surface area contributed by atoms with Crippen LogP contribution in [-0.2, 0) is 0 Å². The largest absolute Gasteiger partial charge is 0.262 e. The van der Waals surface area contributed by atoms with Crippen LogP contribution in [-0.4, -0.2) is 5.71 Å². The van der Waals surface area contributed by atoms with E-state index in [1.165, 1.54) is 0 Å². The molecule has 0 N–H and O–H groups in total. The molecule has 0 amide bonds. The van der Waals surface area contributed by atoms with Crippen LogP contribution in [0.3, 0.4) is 0 Å². The summed E-state index contributed by atoms with van der Waals surface area (Å²) in [6.45, 7) is 11.3. The van der Waals surface area contributed by atoms with Crippen LogP contribution in [0.15, 0.2) is 29.9 Å². The van der Waals surface area contributed by atoms with E-state index in [0.29, 0.717) is 0 Å². The van der Waals surface area contributed by atoms with Crippen molar-refractivity contribution in [3.63, 3.8) is 0 Å². The summed E-state index contributed by atoms with van der Waals surface area (Å²) < 4.78 is 0. The first-order valence-electron chi connectivity index (χ1n) is 3.05. The monoisotopic (exact) mass is 123 g/mol. The molecule has 0 aliphatic heterocycles. The van der Waals surface area contributed by atoms with Gasteiger partial charge in [-0.15, -0.1) is 0 Å². The molecule has 0 aliphatic carbocycles. The summed E-state index contributed by atoms with van der Waals surface area (Å²) in [4.78, 5) is 4.02. The minimum atomic E-state index is 0.932. The summed E-state index contributed by atoms with van der Waals surface area (Å²) in [6, 6.07) is 0. The van der Waals surface area contributed by atoms with E-state index < -0.39 is 0 Å². The predicted molar refractivity (Wildman–Crippen MR) is 42.7 cm³/mol. The van der Waals surface area contributed by atoms with Gasteiger partial charge in [0.1, 0.15) is 0 Å². The topological polar surface area (TPSA) is 12.4 Å². The summed E-state index contributed by atoms with van der Waals surface area (Å²) >= 11 is 0. The molecule has 0 radical (unpaired) electrons. The molecule has 0 bridgehead atoms. The number of nitrogens with zero attached hydrogens (tertiary/aromatic N) is 1. The first-order chi connectivity index (χ1) is 4.22. The SMILES string of the molecule is C=CN=C(CC)C(=C)C. The highest BCUT2D eigenvalue weighted by Crippen LogP contribution is 1.97. The van der Waals surface area contributed by atoms with Gasteiger partial charge in [-0.05, 0) is 18.9 Å². The molecule has 0 aromatic heterocycles. The summed E-state index contributed by atoms with van der Waals surface area (Å²) in [6.07, 6.45) is 2.48. The number of allylic oxidation sites excluding steroid dienone is 1. The normalized spacial score (nSPS) is 11.1. The Kier molecular flexibility index (Phi) is 3.69. The Hall–Kier alpha value is -0.850. The lowest BCUT2D eigenvalue weighted by atomic mass is 10.2. The van der Waals surface area contributed by atoms with Crippen molar-refractivity contribution in [2.24, 2.45) is 4.99 Å². The Balaban J connectivity index is 4.14. The van der Waals surface area contributed by atoms with Crippen molar-refractivity contribution in [1.82, 2.24) is 0 Å². The van der Waals surface area contributed by atoms with Crippen molar-refractivity contribution in [2.75, 3.05) is 0 Å². The summed E-state index contributed by atoms with van der Waals surface area (Å²) in [5.41, 5.74) is 2.06. The molecule has 50 valence electrons. The van der Waals surface area contributed by atoms with Crippen LogP contribution in [0.2, 0.25) is 0 Å². The second kappa shape index (κ2) is 4.07. The maximum absolute atomic E-state index is 4.02. The molecule has 0 aromatic rings. The number of rotatable bonds is 3. The fourth-order valence-corrected chi connectivity index (χ4v) is 0.613. The molecule has 1 nitrogen and oxygen atoms in total. The lowest BCUT2D eigenvalue weighted by Crippen LogP contribution is -1.94. The molecule has 0 aromatic carbocycles. The first kappa shape index (κ1) is 8.15. The minimum absolute atomic E-state index is 0.932. The number of hydrogen-bond donors (Lipinski definition) is 0. The van der Waals surface area contributed by atoms with Gasteiger partial charge in [-0.3, -0.25) is 4.99 Å². The van der Waals surface area contributed by atoms with Crippen molar-refractivity contribution in [1.29, 1.82) is 0 Å². The van der Waals surface area contributed by atoms with Gasteiger partial charge in [0.15, 0.2) is 0 Å². The zero-order valence-corrected chi connectivity index (χ0v) is 6.15. The van der Waals surface area contributed by atoms with E-state index in [1.54, 1.807) is 6.20 Å². The van der Waals surface area contributed by atoms with Crippen LogP contribution in [0.4, 0.5) is 0 Å². The van der Waals surface area contributed by atoms with Gasteiger partial charge in [-0.1, -0.05) is 20.1 Å². The van der Waals surface area contributed by atoms with Crippen molar-refractivity contribution >= 4 is 5.71 Å². The molecular formula is C8H13N. The highest BCUT2D eigenvalue weighted by molar-refractivity contribution is 5.99. The molecule has 0 saturated carbocycles. The molecular weight excluding hydrogens is 110 g/mol. The lowest BCUT2D eigenvalue weighted by molar-refractivity contribution is 1.25. The molecule has 0 saturated heterocycles. The van der Waals surface area contributed by atoms with Gasteiger partial charge in [0.25, 0.3) is 0 Å². The lowest BCUT2D eigenvalue weighted by Gasteiger charge is -1.97. The van der Waals surface area contributed by atoms with Gasteiger partial charge in [-0.25, -0.2) is 0 Å². The zero-order valence-electron chi connectivity index (χ0n) is 6.15. The highest BCUT2D eigenvalue weighted by Gasteiger charge is 1.92.